The van der Waals surface area contributed by atoms with Gasteiger partial charge in [0.2, 0.25) is 11.9 Å². The second-order valence-corrected chi connectivity index (χ2v) is 6.77. The summed E-state index contributed by atoms with van der Waals surface area (Å²) in [6.07, 6.45) is -0.444. The molecule has 1 fully saturated rings. The first-order chi connectivity index (χ1) is 12.9. The van der Waals surface area contributed by atoms with Crippen LogP contribution in [0.4, 0.5) is 5.95 Å². The molecule has 10 nitrogen and oxygen atoms in total. The summed E-state index contributed by atoms with van der Waals surface area (Å²) in [5, 5.41) is 13.3. The molecule has 1 saturated heterocycles. The molecule has 1 aliphatic heterocycles. The minimum Gasteiger partial charge on any atom is -0.386 e. The van der Waals surface area contributed by atoms with E-state index in [1.54, 1.807) is 13.8 Å². The van der Waals surface area contributed by atoms with Gasteiger partial charge in [0, 0.05) is 12.5 Å². The lowest BCUT2D eigenvalue weighted by Crippen LogP contribution is -2.34. The van der Waals surface area contributed by atoms with Crippen molar-refractivity contribution in [3.8, 4) is 0 Å². The van der Waals surface area contributed by atoms with Crippen LogP contribution in [0.25, 0.3) is 11.2 Å². The zero-order chi connectivity index (χ0) is 19.7. The highest BCUT2D eigenvalue weighted by Gasteiger charge is 2.45. The Hall–Kier alpha value is -2.30. The molecule has 0 aliphatic carbocycles. The summed E-state index contributed by atoms with van der Waals surface area (Å²) in [6.45, 7) is 7.71. The van der Waals surface area contributed by atoms with Gasteiger partial charge in [-0.2, -0.15) is 4.98 Å². The fourth-order valence-electron chi connectivity index (χ4n) is 3.11. The quantitative estimate of drug-likeness (QED) is 0.676. The van der Waals surface area contributed by atoms with E-state index in [1.165, 1.54) is 10.9 Å². The molecular formula is C17H25N5O5. The molecule has 3 rings (SSSR count). The maximum Gasteiger partial charge on any atom is 0.280 e. The van der Waals surface area contributed by atoms with Gasteiger partial charge >= 0.3 is 0 Å². The van der Waals surface area contributed by atoms with Crippen molar-refractivity contribution in [2.45, 2.75) is 58.7 Å². The predicted octanol–water partition coefficient (Wildman–Crippen LogP) is 0.787. The first-order valence-corrected chi connectivity index (χ1v) is 9.10. The molecule has 2 aromatic heterocycles. The third-order valence-corrected chi connectivity index (χ3v) is 4.54. The summed E-state index contributed by atoms with van der Waals surface area (Å²) in [5.74, 6) is -0.523. The van der Waals surface area contributed by atoms with Crippen molar-refractivity contribution < 1.29 is 19.4 Å². The number of anilines is 1. The van der Waals surface area contributed by atoms with Crippen molar-refractivity contribution in [3.05, 3.63) is 16.7 Å². The number of ether oxygens (including phenoxy) is 2. The van der Waals surface area contributed by atoms with E-state index in [9.17, 15) is 14.7 Å². The zero-order valence-corrected chi connectivity index (χ0v) is 15.8. The highest BCUT2D eigenvalue weighted by Crippen LogP contribution is 2.34. The number of H-pyrrole nitrogens is 1. The molecule has 0 bridgehead atoms. The molecule has 4 atom stereocenters. The summed E-state index contributed by atoms with van der Waals surface area (Å²) in [5.41, 5.74) is -0.172. The first-order valence-electron chi connectivity index (χ1n) is 9.10. The highest BCUT2D eigenvalue weighted by molar-refractivity contribution is 5.91. The summed E-state index contributed by atoms with van der Waals surface area (Å²) in [4.78, 5) is 35.1. The number of aliphatic hydroxyl groups excluding tert-OH is 1. The first kappa shape index (κ1) is 19.5. The molecule has 1 aliphatic rings. The number of rotatable bonds is 6. The van der Waals surface area contributed by atoms with Crippen molar-refractivity contribution >= 4 is 23.0 Å². The molecule has 0 spiro atoms. The van der Waals surface area contributed by atoms with Gasteiger partial charge in [-0.25, -0.2) is 4.98 Å². The Morgan fingerprint density at radius 2 is 2.22 bits per heavy atom. The minimum absolute atomic E-state index is 0.0221. The number of nitrogens with one attached hydrogen (secondary N) is 2. The maximum absolute atomic E-state index is 12.3. The number of aromatic nitrogens is 4. The Bertz CT molecular complexity index is 876. The normalized spacial score (nSPS) is 25.4. The van der Waals surface area contributed by atoms with Crippen LogP contribution in [-0.2, 0) is 14.3 Å². The van der Waals surface area contributed by atoms with Crippen LogP contribution in [0.5, 0.6) is 0 Å². The van der Waals surface area contributed by atoms with Crippen LogP contribution in [0.3, 0.4) is 0 Å². The number of imidazole rings is 1. The number of aliphatic hydroxyl groups is 1. The Balaban J connectivity index is 1.99. The third kappa shape index (κ3) is 3.60. The van der Waals surface area contributed by atoms with Crippen molar-refractivity contribution in [3.63, 3.8) is 0 Å². The van der Waals surface area contributed by atoms with Crippen LogP contribution < -0.4 is 10.9 Å². The Morgan fingerprint density at radius 3 is 2.85 bits per heavy atom. The Kier molecular flexibility index (Phi) is 5.59. The van der Waals surface area contributed by atoms with Gasteiger partial charge in [-0.05, 0) is 13.3 Å². The Labute approximate surface area is 155 Å². The topological polar surface area (TPSA) is 131 Å². The molecule has 3 N–H and O–H groups in total. The van der Waals surface area contributed by atoms with E-state index in [0.29, 0.717) is 13.0 Å². The van der Waals surface area contributed by atoms with Gasteiger partial charge in [0.15, 0.2) is 17.4 Å². The monoisotopic (exact) mass is 379 g/mol. The summed E-state index contributed by atoms with van der Waals surface area (Å²) < 4.78 is 13.1. The van der Waals surface area contributed by atoms with Crippen LogP contribution >= 0.6 is 0 Å². The van der Waals surface area contributed by atoms with Crippen LogP contribution in [0, 0.1) is 5.92 Å². The smallest absolute Gasteiger partial charge is 0.280 e. The average molecular weight is 379 g/mol. The van der Waals surface area contributed by atoms with Crippen molar-refractivity contribution in [2.24, 2.45) is 5.92 Å². The maximum atomic E-state index is 12.3. The molecule has 27 heavy (non-hydrogen) atoms. The van der Waals surface area contributed by atoms with E-state index < -0.39 is 24.0 Å². The van der Waals surface area contributed by atoms with Gasteiger partial charge in [-0.1, -0.05) is 20.8 Å². The summed E-state index contributed by atoms with van der Waals surface area (Å²) in [7, 11) is 0. The molecule has 148 valence electrons. The number of carbonyl (C=O) groups excluding carboxylic acids is 1. The summed E-state index contributed by atoms with van der Waals surface area (Å²) >= 11 is 0. The average Bonchev–Trinajstić information content (AvgIpc) is 3.17. The van der Waals surface area contributed by atoms with Crippen LogP contribution in [0.1, 0.15) is 40.3 Å². The summed E-state index contributed by atoms with van der Waals surface area (Å²) in [6, 6.07) is 0. The molecular weight excluding hydrogens is 354 g/mol. The lowest BCUT2D eigenvalue weighted by atomic mass is 10.1. The van der Waals surface area contributed by atoms with E-state index in [-0.39, 0.29) is 35.0 Å². The SMILES string of the molecule is CCO[C@H]1[C@@H](O)[C@H](n2cnc3c(=O)[nH]c(NC(=O)C(C)C)nc32)O[C@@H]1CC. The standard InChI is InChI=1S/C17H25N5O5/c1-5-9-12(26-6-2)11(23)16(27-9)22-7-18-10-13(22)19-17(21-15(10)25)20-14(24)8(3)4/h7-9,11-12,16,23H,5-6H2,1-4H3,(H2,19,20,21,24,25)/t9-,11-,12-,16-/m1/s1. The van der Waals surface area contributed by atoms with Crippen LogP contribution in [-0.4, -0.2) is 55.5 Å². The van der Waals surface area contributed by atoms with Gasteiger partial charge < -0.3 is 14.6 Å². The van der Waals surface area contributed by atoms with Crippen LogP contribution in [0.15, 0.2) is 11.1 Å². The van der Waals surface area contributed by atoms with E-state index in [2.05, 4.69) is 20.3 Å². The highest BCUT2D eigenvalue weighted by atomic mass is 16.6. The molecule has 3 heterocycles. The number of hydrogen-bond acceptors (Lipinski definition) is 7. The Morgan fingerprint density at radius 1 is 1.48 bits per heavy atom. The molecule has 0 unspecified atom stereocenters. The zero-order valence-electron chi connectivity index (χ0n) is 15.8. The third-order valence-electron chi connectivity index (χ3n) is 4.54. The number of amides is 1. The number of fused-ring (bicyclic) bond motifs is 1. The van der Waals surface area contributed by atoms with E-state index in [1.807, 2.05) is 13.8 Å². The van der Waals surface area contributed by atoms with Gasteiger partial charge in [-0.3, -0.25) is 24.5 Å². The molecule has 0 radical (unpaired) electrons. The van der Waals surface area contributed by atoms with Crippen molar-refractivity contribution in [1.29, 1.82) is 0 Å². The molecule has 1 amide bonds. The minimum atomic E-state index is -0.943. The van der Waals surface area contributed by atoms with Gasteiger partial charge in [0.05, 0.1) is 12.4 Å². The van der Waals surface area contributed by atoms with Crippen LogP contribution in [0.2, 0.25) is 0 Å². The fourth-order valence-corrected chi connectivity index (χ4v) is 3.11. The molecule has 0 saturated carbocycles. The van der Waals surface area contributed by atoms with E-state index in [4.69, 9.17) is 9.47 Å². The second kappa shape index (κ2) is 7.75. The van der Waals surface area contributed by atoms with Gasteiger partial charge in [0.1, 0.15) is 12.2 Å². The van der Waals surface area contributed by atoms with E-state index in [0.717, 1.165) is 0 Å². The second-order valence-electron chi connectivity index (χ2n) is 6.77. The lowest BCUT2D eigenvalue weighted by molar-refractivity contribution is -0.118. The molecule has 2 aromatic rings. The van der Waals surface area contributed by atoms with Crippen molar-refractivity contribution in [1.82, 2.24) is 19.5 Å². The van der Waals surface area contributed by atoms with Gasteiger partial charge in [0.25, 0.3) is 5.56 Å². The predicted molar refractivity (Wildman–Crippen MR) is 97.2 cm³/mol. The number of nitrogens with zero attached hydrogens (tertiary/aromatic N) is 3. The molecule has 0 aromatic carbocycles. The number of carbonyl (C=O) groups is 1. The van der Waals surface area contributed by atoms with Crippen molar-refractivity contribution in [2.75, 3.05) is 11.9 Å². The lowest BCUT2D eigenvalue weighted by Gasteiger charge is -2.19. The van der Waals surface area contributed by atoms with Gasteiger partial charge in [-0.15, -0.1) is 0 Å². The number of hydrogen-bond donors (Lipinski definition) is 3. The number of aromatic amines is 1. The molecule has 10 heteroatoms. The largest absolute Gasteiger partial charge is 0.386 e. The van der Waals surface area contributed by atoms with E-state index >= 15 is 0 Å². The fraction of sp³-hybridized carbons (Fsp3) is 0.647.